The van der Waals surface area contributed by atoms with E-state index in [1.165, 1.54) is 0 Å². The second-order valence-electron chi connectivity index (χ2n) is 4.84. The van der Waals surface area contributed by atoms with Crippen molar-refractivity contribution in [3.63, 3.8) is 0 Å². The zero-order chi connectivity index (χ0) is 19.3. The Labute approximate surface area is 165 Å². The standard InChI is InChI=1S/C14H18Cl4O7/c1-10(2-15)22-6-14(7-23-11(19)3-16,8-24-12(20)4-17)9-25-13(21)5-18/h1-9H2. The minimum absolute atomic E-state index is 0.0144. The van der Waals surface area contributed by atoms with Crippen molar-refractivity contribution in [2.45, 2.75) is 0 Å². The van der Waals surface area contributed by atoms with E-state index in [9.17, 15) is 14.4 Å². The van der Waals surface area contributed by atoms with Gasteiger partial charge in [-0.2, -0.15) is 0 Å². The summed E-state index contributed by atoms with van der Waals surface area (Å²) in [6.07, 6.45) is 0. The first-order valence-electron chi connectivity index (χ1n) is 6.83. The quantitative estimate of drug-likeness (QED) is 0.188. The molecule has 11 heteroatoms. The highest BCUT2D eigenvalue weighted by molar-refractivity contribution is 6.27. The molecule has 0 saturated heterocycles. The fourth-order valence-electron chi connectivity index (χ4n) is 1.36. The first-order valence-corrected chi connectivity index (χ1v) is 8.97. The molecule has 7 nitrogen and oxygen atoms in total. The molecule has 0 aromatic rings. The highest BCUT2D eigenvalue weighted by Crippen LogP contribution is 2.23. The Balaban J connectivity index is 5.24. The topological polar surface area (TPSA) is 88.1 Å². The molecule has 0 rings (SSSR count). The number of rotatable bonds is 13. The van der Waals surface area contributed by atoms with E-state index in [0.29, 0.717) is 0 Å². The highest BCUT2D eigenvalue weighted by Gasteiger charge is 2.37. The zero-order valence-electron chi connectivity index (χ0n) is 13.2. The summed E-state index contributed by atoms with van der Waals surface area (Å²) in [5.74, 6) is -3.04. The molecule has 0 spiro atoms. The number of alkyl halides is 4. The maximum atomic E-state index is 11.4. The molecule has 144 valence electrons. The molecule has 0 bridgehead atoms. The smallest absolute Gasteiger partial charge is 0.320 e. The molecule has 0 saturated carbocycles. The van der Waals surface area contributed by atoms with E-state index >= 15 is 0 Å². The van der Waals surface area contributed by atoms with Crippen LogP contribution in [-0.2, 0) is 33.3 Å². The number of esters is 3. The van der Waals surface area contributed by atoms with Crippen LogP contribution >= 0.6 is 46.4 Å². The molecule has 0 aromatic carbocycles. The van der Waals surface area contributed by atoms with Gasteiger partial charge in [0.2, 0.25) is 0 Å². The summed E-state index contributed by atoms with van der Waals surface area (Å²) in [5.41, 5.74) is -1.22. The van der Waals surface area contributed by atoms with E-state index in [1.807, 2.05) is 0 Å². The Bertz CT molecular complexity index is 385. The lowest BCUT2D eigenvalue weighted by Gasteiger charge is -2.31. The molecule has 0 unspecified atom stereocenters. The molecular formula is C14H18Cl4O7. The third-order valence-corrected chi connectivity index (χ3v) is 3.63. The van der Waals surface area contributed by atoms with Crippen molar-refractivity contribution >= 4 is 64.3 Å². The third kappa shape index (κ3) is 10.6. The summed E-state index contributed by atoms with van der Waals surface area (Å²) in [7, 11) is 0. The van der Waals surface area contributed by atoms with Crippen molar-refractivity contribution < 1.29 is 33.3 Å². The summed E-state index contributed by atoms with van der Waals surface area (Å²) >= 11 is 21.8. The van der Waals surface area contributed by atoms with Crippen LogP contribution in [0.5, 0.6) is 0 Å². The van der Waals surface area contributed by atoms with Crippen molar-refractivity contribution in [3.8, 4) is 0 Å². The van der Waals surface area contributed by atoms with Gasteiger partial charge in [-0.3, -0.25) is 14.4 Å². The lowest BCUT2D eigenvalue weighted by atomic mass is 9.92. The van der Waals surface area contributed by atoms with Gasteiger partial charge in [0.05, 0.1) is 5.88 Å². The van der Waals surface area contributed by atoms with Gasteiger partial charge in [-0.1, -0.05) is 6.58 Å². The third-order valence-electron chi connectivity index (χ3n) is 2.68. The number of carbonyl (C=O) groups excluding carboxylic acids is 3. The molecule has 0 aliphatic heterocycles. The lowest BCUT2D eigenvalue weighted by Crippen LogP contribution is -2.43. The fraction of sp³-hybridized carbons (Fsp3) is 0.643. The van der Waals surface area contributed by atoms with E-state index in [-0.39, 0.29) is 55.7 Å². The van der Waals surface area contributed by atoms with Crippen LogP contribution in [0.1, 0.15) is 0 Å². The minimum Gasteiger partial charge on any atom is -0.496 e. The number of ether oxygens (including phenoxy) is 4. The van der Waals surface area contributed by atoms with E-state index in [2.05, 4.69) is 6.58 Å². The molecule has 0 fully saturated rings. The second kappa shape index (κ2) is 13.3. The monoisotopic (exact) mass is 438 g/mol. The molecule has 0 N–H and O–H groups in total. The van der Waals surface area contributed by atoms with Crippen molar-refractivity contribution in [2.75, 3.05) is 49.9 Å². The molecule has 25 heavy (non-hydrogen) atoms. The van der Waals surface area contributed by atoms with Crippen molar-refractivity contribution in [2.24, 2.45) is 5.41 Å². The number of allylic oxidation sites excluding steroid dienone is 1. The SMILES string of the molecule is C=C(CCl)OCC(COC(=O)CCl)(COC(=O)CCl)COC(=O)CCl. The Morgan fingerprint density at radius 2 is 0.960 bits per heavy atom. The van der Waals surface area contributed by atoms with E-state index in [1.54, 1.807) is 0 Å². The van der Waals surface area contributed by atoms with Crippen LogP contribution in [0.2, 0.25) is 0 Å². The van der Waals surface area contributed by atoms with Crippen LogP contribution in [0, 0.1) is 5.41 Å². The number of halogens is 4. The minimum atomic E-state index is -1.22. The zero-order valence-corrected chi connectivity index (χ0v) is 16.3. The van der Waals surface area contributed by atoms with Crippen LogP contribution in [-0.4, -0.2) is 67.9 Å². The van der Waals surface area contributed by atoms with Gasteiger partial charge < -0.3 is 18.9 Å². The summed E-state index contributed by atoms with van der Waals surface area (Å²) in [6, 6.07) is 0. The Morgan fingerprint density at radius 1 is 0.640 bits per heavy atom. The normalized spacial score (nSPS) is 10.7. The molecular weight excluding hydrogens is 422 g/mol. The Morgan fingerprint density at radius 3 is 1.24 bits per heavy atom. The average molecular weight is 440 g/mol. The van der Waals surface area contributed by atoms with Crippen molar-refractivity contribution in [1.29, 1.82) is 0 Å². The van der Waals surface area contributed by atoms with Crippen LogP contribution in [0.4, 0.5) is 0 Å². The average Bonchev–Trinajstić information content (AvgIpc) is 2.65. The molecule has 0 atom stereocenters. The lowest BCUT2D eigenvalue weighted by molar-refractivity contribution is -0.162. The molecule has 0 radical (unpaired) electrons. The van der Waals surface area contributed by atoms with Crippen LogP contribution in [0.15, 0.2) is 12.3 Å². The summed E-state index contributed by atoms with van der Waals surface area (Å²) in [6.45, 7) is 2.48. The molecule has 0 aromatic heterocycles. The molecule has 0 aliphatic carbocycles. The van der Waals surface area contributed by atoms with Crippen molar-refractivity contribution in [1.82, 2.24) is 0 Å². The van der Waals surface area contributed by atoms with E-state index in [4.69, 9.17) is 65.4 Å². The fourth-order valence-corrected chi connectivity index (χ4v) is 1.67. The Hall–Kier alpha value is -0.890. The van der Waals surface area contributed by atoms with Gasteiger partial charge in [0.25, 0.3) is 0 Å². The van der Waals surface area contributed by atoms with E-state index in [0.717, 1.165) is 0 Å². The van der Waals surface area contributed by atoms with E-state index < -0.39 is 23.3 Å². The van der Waals surface area contributed by atoms with Gasteiger partial charge in [0, 0.05) is 0 Å². The predicted molar refractivity (Wildman–Crippen MR) is 93.3 cm³/mol. The van der Waals surface area contributed by atoms with Gasteiger partial charge in [0.1, 0.15) is 55.2 Å². The summed E-state index contributed by atoms with van der Waals surface area (Å²) < 4.78 is 20.3. The van der Waals surface area contributed by atoms with Gasteiger partial charge in [0.15, 0.2) is 0 Å². The van der Waals surface area contributed by atoms with Crippen LogP contribution in [0.25, 0.3) is 0 Å². The molecule has 0 aliphatic rings. The number of hydrogen-bond acceptors (Lipinski definition) is 7. The molecule has 0 amide bonds. The number of carbonyl (C=O) groups is 3. The second-order valence-corrected chi connectivity index (χ2v) is 5.91. The predicted octanol–water partition coefficient (Wildman–Crippen LogP) is 2.09. The van der Waals surface area contributed by atoms with Crippen molar-refractivity contribution in [3.05, 3.63) is 12.3 Å². The molecule has 0 heterocycles. The maximum absolute atomic E-state index is 11.4. The van der Waals surface area contributed by atoms with Gasteiger partial charge in [-0.05, 0) is 0 Å². The van der Waals surface area contributed by atoms with Crippen LogP contribution in [0.3, 0.4) is 0 Å². The Kier molecular flexibility index (Phi) is 12.9. The first-order chi connectivity index (χ1) is 11.8. The number of hydrogen-bond donors (Lipinski definition) is 0. The van der Waals surface area contributed by atoms with Gasteiger partial charge in [-0.25, -0.2) is 0 Å². The first kappa shape index (κ1) is 24.1. The maximum Gasteiger partial charge on any atom is 0.320 e. The highest BCUT2D eigenvalue weighted by atomic mass is 35.5. The van der Waals surface area contributed by atoms with Crippen LogP contribution < -0.4 is 0 Å². The summed E-state index contributed by atoms with van der Waals surface area (Å²) in [4.78, 5) is 34.1. The summed E-state index contributed by atoms with van der Waals surface area (Å²) in [5, 5.41) is 0. The largest absolute Gasteiger partial charge is 0.496 e. The van der Waals surface area contributed by atoms with Gasteiger partial charge >= 0.3 is 17.9 Å². The van der Waals surface area contributed by atoms with Gasteiger partial charge in [-0.15, -0.1) is 46.4 Å².